The van der Waals surface area contributed by atoms with Gasteiger partial charge < -0.3 is 30.2 Å². The highest BCUT2D eigenvalue weighted by Crippen LogP contribution is 2.33. The SMILES string of the molecule is COC(=O)CCCC(=O)Nc1cc2c(Nc3nc(Cl)cc(C4CNCCO4)n3)ncnc2cc1OC. The van der Waals surface area contributed by atoms with Gasteiger partial charge in [-0.2, -0.15) is 0 Å². The smallest absolute Gasteiger partial charge is 0.305 e. The zero-order valence-corrected chi connectivity index (χ0v) is 20.6. The van der Waals surface area contributed by atoms with Crippen LogP contribution in [-0.4, -0.2) is 65.7 Å². The van der Waals surface area contributed by atoms with Crippen LogP contribution in [0.5, 0.6) is 5.75 Å². The molecular weight excluding hydrogens is 490 g/mol. The second kappa shape index (κ2) is 11.9. The molecule has 36 heavy (non-hydrogen) atoms. The Morgan fingerprint density at radius 3 is 2.81 bits per heavy atom. The Morgan fingerprint density at radius 1 is 1.19 bits per heavy atom. The number of ether oxygens (including phenoxy) is 3. The van der Waals surface area contributed by atoms with E-state index in [1.807, 2.05) is 0 Å². The van der Waals surface area contributed by atoms with Crippen LogP contribution in [0.3, 0.4) is 0 Å². The maximum absolute atomic E-state index is 12.5. The maximum atomic E-state index is 12.5. The number of morpholine rings is 1. The number of esters is 1. The quantitative estimate of drug-likeness (QED) is 0.285. The first-order chi connectivity index (χ1) is 17.5. The summed E-state index contributed by atoms with van der Waals surface area (Å²) in [7, 11) is 2.81. The number of methoxy groups -OCH3 is 2. The van der Waals surface area contributed by atoms with E-state index in [1.165, 1.54) is 20.5 Å². The number of hydrogen-bond acceptors (Lipinski definition) is 11. The Labute approximate surface area is 212 Å². The predicted molar refractivity (Wildman–Crippen MR) is 132 cm³/mol. The van der Waals surface area contributed by atoms with Gasteiger partial charge in [0.2, 0.25) is 11.9 Å². The molecule has 12 nitrogen and oxygen atoms in total. The molecule has 4 rings (SSSR count). The van der Waals surface area contributed by atoms with E-state index in [1.54, 1.807) is 18.2 Å². The molecule has 0 radical (unpaired) electrons. The number of aromatic nitrogens is 4. The largest absolute Gasteiger partial charge is 0.494 e. The average Bonchev–Trinajstić information content (AvgIpc) is 2.88. The molecule has 1 atom stereocenters. The van der Waals surface area contributed by atoms with Gasteiger partial charge in [0.25, 0.3) is 0 Å². The number of halogens is 1. The number of nitrogens with zero attached hydrogens (tertiary/aromatic N) is 4. The molecule has 3 aromatic rings. The van der Waals surface area contributed by atoms with Crippen LogP contribution in [0.2, 0.25) is 5.15 Å². The number of hydrogen-bond donors (Lipinski definition) is 3. The van der Waals surface area contributed by atoms with Gasteiger partial charge in [0.15, 0.2) is 0 Å². The van der Waals surface area contributed by atoms with Gasteiger partial charge in [-0.25, -0.2) is 19.9 Å². The summed E-state index contributed by atoms with van der Waals surface area (Å²) >= 11 is 6.25. The summed E-state index contributed by atoms with van der Waals surface area (Å²) in [5.41, 5.74) is 1.65. The van der Waals surface area contributed by atoms with E-state index in [2.05, 4.69) is 40.6 Å². The van der Waals surface area contributed by atoms with Crippen LogP contribution in [-0.2, 0) is 19.1 Å². The third-order valence-corrected chi connectivity index (χ3v) is 5.64. The van der Waals surface area contributed by atoms with E-state index in [0.717, 1.165) is 6.54 Å². The van der Waals surface area contributed by atoms with Crippen molar-refractivity contribution in [2.24, 2.45) is 0 Å². The number of nitrogens with one attached hydrogen (secondary N) is 3. The summed E-state index contributed by atoms with van der Waals surface area (Å²) in [6.45, 7) is 1.97. The first kappa shape index (κ1) is 25.5. The zero-order valence-electron chi connectivity index (χ0n) is 19.8. The van der Waals surface area contributed by atoms with Crippen molar-refractivity contribution in [3.05, 3.63) is 35.4 Å². The van der Waals surface area contributed by atoms with Crippen molar-refractivity contribution in [1.29, 1.82) is 0 Å². The van der Waals surface area contributed by atoms with Crippen LogP contribution >= 0.6 is 11.6 Å². The van der Waals surface area contributed by atoms with Crippen LogP contribution in [0.15, 0.2) is 24.5 Å². The topological polar surface area (TPSA) is 149 Å². The van der Waals surface area contributed by atoms with E-state index in [9.17, 15) is 9.59 Å². The van der Waals surface area contributed by atoms with Gasteiger partial charge in [0.05, 0.1) is 37.7 Å². The minimum Gasteiger partial charge on any atom is -0.494 e. The maximum Gasteiger partial charge on any atom is 0.305 e. The van der Waals surface area contributed by atoms with Crippen molar-refractivity contribution in [2.45, 2.75) is 25.4 Å². The number of amides is 1. The highest BCUT2D eigenvalue weighted by molar-refractivity contribution is 6.29. The summed E-state index contributed by atoms with van der Waals surface area (Å²) in [6.07, 6.45) is 1.81. The van der Waals surface area contributed by atoms with E-state index in [0.29, 0.717) is 53.4 Å². The van der Waals surface area contributed by atoms with Gasteiger partial charge in [0.1, 0.15) is 29.2 Å². The van der Waals surface area contributed by atoms with Crippen molar-refractivity contribution >= 4 is 51.8 Å². The Bertz CT molecular complexity index is 1250. The molecule has 0 spiro atoms. The molecule has 1 unspecified atom stereocenters. The molecule has 1 aliphatic rings. The predicted octanol–water partition coefficient (Wildman–Crippen LogP) is 2.77. The first-order valence-corrected chi connectivity index (χ1v) is 11.7. The monoisotopic (exact) mass is 515 g/mol. The standard InChI is InChI=1S/C23H26ClN7O5/c1-34-17-9-14-13(8-15(17)28-20(32)4-3-5-21(33)35-2)22(27-12-26-14)31-23-29-16(10-19(24)30-23)18-11-25-6-7-36-18/h8-10,12,18,25H,3-7,11H2,1-2H3,(H,28,32)(H,26,27,29,30,31). The number of carbonyl (C=O) groups is 2. The van der Waals surface area contributed by atoms with Crippen molar-refractivity contribution in [2.75, 3.05) is 44.5 Å². The van der Waals surface area contributed by atoms with Gasteiger partial charge in [-0.05, 0) is 18.6 Å². The summed E-state index contributed by atoms with van der Waals surface area (Å²) in [6, 6.07) is 5.06. The van der Waals surface area contributed by atoms with E-state index in [4.69, 9.17) is 21.1 Å². The highest BCUT2D eigenvalue weighted by Gasteiger charge is 2.20. The highest BCUT2D eigenvalue weighted by atomic mass is 35.5. The van der Waals surface area contributed by atoms with Crippen molar-refractivity contribution in [1.82, 2.24) is 25.3 Å². The van der Waals surface area contributed by atoms with Crippen LogP contribution in [0.25, 0.3) is 10.9 Å². The van der Waals surface area contributed by atoms with Crippen molar-refractivity contribution in [3.8, 4) is 5.75 Å². The molecular formula is C23H26ClN7O5. The molecule has 3 heterocycles. The molecule has 0 bridgehead atoms. The average molecular weight is 516 g/mol. The van der Waals surface area contributed by atoms with Gasteiger partial charge in [0, 0.05) is 37.4 Å². The molecule has 1 saturated heterocycles. The van der Waals surface area contributed by atoms with Crippen molar-refractivity contribution in [3.63, 3.8) is 0 Å². The number of carbonyl (C=O) groups excluding carboxylic acids is 2. The summed E-state index contributed by atoms with van der Waals surface area (Å²) < 4.78 is 15.8. The number of anilines is 3. The van der Waals surface area contributed by atoms with Crippen LogP contribution in [0.4, 0.5) is 17.5 Å². The lowest BCUT2D eigenvalue weighted by Gasteiger charge is -2.23. The Balaban J connectivity index is 1.58. The molecule has 13 heteroatoms. The minimum absolute atomic E-state index is 0.143. The number of fused-ring (bicyclic) bond motifs is 1. The third kappa shape index (κ3) is 6.33. The van der Waals surface area contributed by atoms with E-state index in [-0.39, 0.29) is 41.9 Å². The Hall–Kier alpha value is -3.61. The lowest BCUT2D eigenvalue weighted by Crippen LogP contribution is -2.33. The molecule has 1 amide bonds. The van der Waals surface area contributed by atoms with Gasteiger partial charge in [-0.15, -0.1) is 0 Å². The Morgan fingerprint density at radius 2 is 2.06 bits per heavy atom. The van der Waals surface area contributed by atoms with Crippen LogP contribution in [0.1, 0.15) is 31.1 Å². The molecule has 2 aromatic heterocycles. The van der Waals surface area contributed by atoms with Crippen molar-refractivity contribution < 1.29 is 23.8 Å². The molecule has 1 aromatic carbocycles. The van der Waals surface area contributed by atoms with Gasteiger partial charge in [-0.1, -0.05) is 11.6 Å². The number of benzene rings is 1. The molecule has 0 aliphatic carbocycles. The molecule has 1 aliphatic heterocycles. The van der Waals surface area contributed by atoms with Crippen LogP contribution < -0.4 is 20.7 Å². The number of rotatable bonds is 9. The lowest BCUT2D eigenvalue weighted by atomic mass is 10.1. The summed E-state index contributed by atoms with van der Waals surface area (Å²) in [4.78, 5) is 41.2. The third-order valence-electron chi connectivity index (χ3n) is 5.45. The summed E-state index contributed by atoms with van der Waals surface area (Å²) in [5.74, 6) is 0.454. The molecule has 0 saturated carbocycles. The molecule has 190 valence electrons. The van der Waals surface area contributed by atoms with E-state index < -0.39 is 0 Å². The fourth-order valence-corrected chi connectivity index (χ4v) is 3.87. The summed E-state index contributed by atoms with van der Waals surface area (Å²) in [5, 5.41) is 10.0. The Kier molecular flexibility index (Phi) is 8.41. The fraction of sp³-hybridized carbons (Fsp3) is 0.391. The van der Waals surface area contributed by atoms with Crippen LogP contribution in [0, 0.1) is 0 Å². The molecule has 1 fully saturated rings. The first-order valence-electron chi connectivity index (χ1n) is 11.3. The second-order valence-corrected chi connectivity index (χ2v) is 8.28. The minimum atomic E-state index is -0.364. The van der Waals surface area contributed by atoms with E-state index >= 15 is 0 Å². The fourth-order valence-electron chi connectivity index (χ4n) is 3.68. The lowest BCUT2D eigenvalue weighted by molar-refractivity contribution is -0.140. The van der Waals surface area contributed by atoms with Gasteiger partial charge >= 0.3 is 5.97 Å². The van der Waals surface area contributed by atoms with Gasteiger partial charge in [-0.3, -0.25) is 9.59 Å². The normalized spacial score (nSPS) is 15.4. The molecule has 3 N–H and O–H groups in total. The second-order valence-electron chi connectivity index (χ2n) is 7.90. The zero-order chi connectivity index (χ0) is 25.5.